The Kier molecular flexibility index (Phi) is 13.9. The number of rotatable bonds is 16. The van der Waals surface area contributed by atoms with Crippen LogP contribution in [0.25, 0.3) is 0 Å². The van der Waals surface area contributed by atoms with Crippen LogP contribution in [0.5, 0.6) is 5.75 Å². The molecule has 6 nitrogen and oxygen atoms in total. The number of carbonyl (C=O) groups is 3. The molecule has 1 aromatic rings. The molecule has 0 amide bonds. The number of esters is 3. The highest BCUT2D eigenvalue weighted by Gasteiger charge is 2.09. The summed E-state index contributed by atoms with van der Waals surface area (Å²) in [6, 6.07) is 5.53. The van der Waals surface area contributed by atoms with Crippen molar-refractivity contribution in [1.82, 2.24) is 0 Å². The second-order valence-electron chi connectivity index (χ2n) is 7.95. The molecular weight excluding hydrogens is 480 g/mol. The van der Waals surface area contributed by atoms with Crippen LogP contribution >= 0.6 is 0 Å². The van der Waals surface area contributed by atoms with Crippen LogP contribution in [-0.4, -0.2) is 24.5 Å². The van der Waals surface area contributed by atoms with E-state index in [-0.39, 0.29) is 12.4 Å². The highest BCUT2D eigenvalue weighted by molar-refractivity contribution is 5.85. The summed E-state index contributed by atoms with van der Waals surface area (Å²) in [6.07, 6.45) is 13.6. The summed E-state index contributed by atoms with van der Waals surface area (Å²) in [5, 5.41) is 0. The van der Waals surface area contributed by atoms with Crippen LogP contribution < -0.4 is 4.74 Å². The number of aryl methyl sites for hydroxylation is 1. The second kappa shape index (κ2) is 16.9. The van der Waals surface area contributed by atoms with Crippen LogP contribution in [0.2, 0.25) is 0 Å². The zero-order chi connectivity index (χ0) is 28.5. The van der Waals surface area contributed by atoms with E-state index in [1.165, 1.54) is 18.2 Å². The SMILES string of the molecule is C=CC(=O)OCCc1ccc(OC(=O)C=CC(=C)C=CC(=C)C(=C)C=CC(=C)OC(=O)C=C)c(CCC)c1. The number of benzene rings is 1. The van der Waals surface area contributed by atoms with E-state index in [9.17, 15) is 14.4 Å². The van der Waals surface area contributed by atoms with Gasteiger partial charge in [-0.25, -0.2) is 14.4 Å². The lowest BCUT2D eigenvalue weighted by Crippen LogP contribution is -2.08. The van der Waals surface area contributed by atoms with Gasteiger partial charge in [-0.15, -0.1) is 0 Å². The molecule has 0 spiro atoms. The summed E-state index contributed by atoms with van der Waals surface area (Å²) in [7, 11) is 0. The van der Waals surface area contributed by atoms with Crippen LogP contribution in [0.1, 0.15) is 24.5 Å². The topological polar surface area (TPSA) is 78.9 Å². The third-order valence-electron chi connectivity index (χ3n) is 4.87. The summed E-state index contributed by atoms with van der Waals surface area (Å²) in [4.78, 5) is 34.8. The lowest BCUT2D eigenvalue weighted by Gasteiger charge is -2.11. The minimum atomic E-state index is -0.604. The van der Waals surface area contributed by atoms with Crippen molar-refractivity contribution in [1.29, 1.82) is 0 Å². The summed E-state index contributed by atoms with van der Waals surface area (Å²) in [5.41, 5.74) is 3.56. The van der Waals surface area contributed by atoms with Gasteiger partial charge in [0.05, 0.1) is 6.61 Å². The Bertz CT molecular complexity index is 1210. The molecule has 0 fully saturated rings. The van der Waals surface area contributed by atoms with Crippen molar-refractivity contribution in [3.05, 3.63) is 140 Å². The molecule has 0 aliphatic rings. The molecule has 0 atom stereocenters. The van der Waals surface area contributed by atoms with E-state index in [4.69, 9.17) is 14.2 Å². The van der Waals surface area contributed by atoms with Gasteiger partial charge in [-0.3, -0.25) is 0 Å². The molecule has 1 aromatic carbocycles. The number of hydrogen-bond acceptors (Lipinski definition) is 6. The van der Waals surface area contributed by atoms with Crippen molar-refractivity contribution in [2.45, 2.75) is 26.2 Å². The standard InChI is InChI=1S/C32H34O6/c1-8-11-28-22-27(20-21-36-30(33)9-2)17-18-29(28)38-32(35)19-13-23(4)12-14-24(5)25(6)15-16-26(7)37-31(34)10-3/h9-10,12-19,22H,2-8,11,20-21H2,1H3. The van der Waals surface area contributed by atoms with Gasteiger partial charge in [0.1, 0.15) is 11.5 Å². The van der Waals surface area contributed by atoms with Crippen molar-refractivity contribution in [3.8, 4) is 5.75 Å². The Balaban J connectivity index is 2.69. The largest absolute Gasteiger partial charge is 0.462 e. The maximum absolute atomic E-state index is 12.4. The Morgan fingerprint density at radius 2 is 1.42 bits per heavy atom. The van der Waals surface area contributed by atoms with E-state index >= 15 is 0 Å². The predicted molar refractivity (Wildman–Crippen MR) is 151 cm³/mol. The molecule has 0 aliphatic heterocycles. The lowest BCUT2D eigenvalue weighted by atomic mass is 10.0. The first-order chi connectivity index (χ1) is 18.1. The zero-order valence-corrected chi connectivity index (χ0v) is 21.9. The number of carbonyl (C=O) groups excluding carboxylic acids is 3. The van der Waals surface area contributed by atoms with Crippen molar-refractivity contribution in [2.24, 2.45) is 0 Å². The van der Waals surface area contributed by atoms with Gasteiger partial charge in [-0.2, -0.15) is 0 Å². The monoisotopic (exact) mass is 514 g/mol. The molecular formula is C32H34O6. The van der Waals surface area contributed by atoms with Gasteiger partial charge in [0.25, 0.3) is 0 Å². The Morgan fingerprint density at radius 3 is 2.05 bits per heavy atom. The molecule has 1 rings (SSSR count). The summed E-state index contributed by atoms with van der Waals surface area (Å²) >= 11 is 0. The van der Waals surface area contributed by atoms with Crippen molar-refractivity contribution in [3.63, 3.8) is 0 Å². The minimum Gasteiger partial charge on any atom is -0.462 e. The third-order valence-corrected chi connectivity index (χ3v) is 4.87. The van der Waals surface area contributed by atoms with Gasteiger partial charge in [0.2, 0.25) is 0 Å². The second-order valence-corrected chi connectivity index (χ2v) is 7.95. The Hall–Kier alpha value is -4.71. The molecule has 198 valence electrons. The fourth-order valence-electron chi connectivity index (χ4n) is 2.87. The summed E-state index contributed by atoms with van der Waals surface area (Å²) in [5.74, 6) is -0.985. The zero-order valence-electron chi connectivity index (χ0n) is 21.9. The normalized spacial score (nSPS) is 10.8. The van der Waals surface area contributed by atoms with E-state index in [0.717, 1.165) is 36.1 Å². The summed E-state index contributed by atoms with van der Waals surface area (Å²) in [6.45, 7) is 24.3. The van der Waals surface area contributed by atoms with E-state index in [0.29, 0.717) is 28.9 Å². The predicted octanol–water partition coefficient (Wildman–Crippen LogP) is 6.40. The first-order valence-electron chi connectivity index (χ1n) is 11.9. The molecule has 0 unspecified atom stereocenters. The van der Waals surface area contributed by atoms with Crippen molar-refractivity contribution in [2.75, 3.05) is 6.61 Å². The van der Waals surface area contributed by atoms with Crippen LogP contribution in [0.3, 0.4) is 0 Å². The van der Waals surface area contributed by atoms with Crippen LogP contribution in [-0.2, 0) is 36.7 Å². The Labute approximate surface area is 225 Å². The van der Waals surface area contributed by atoms with Crippen LogP contribution in [0.15, 0.2) is 129 Å². The van der Waals surface area contributed by atoms with Crippen LogP contribution in [0.4, 0.5) is 0 Å². The van der Waals surface area contributed by atoms with Gasteiger partial charge >= 0.3 is 17.9 Å². The smallest absolute Gasteiger partial charge is 0.336 e. The maximum atomic E-state index is 12.4. The number of hydrogen-bond donors (Lipinski definition) is 0. The first kappa shape index (κ1) is 31.3. The molecule has 0 saturated carbocycles. The van der Waals surface area contributed by atoms with Crippen molar-refractivity contribution >= 4 is 17.9 Å². The molecule has 0 aromatic heterocycles. The fraction of sp³-hybridized carbons (Fsp3) is 0.156. The fourth-order valence-corrected chi connectivity index (χ4v) is 2.87. The molecule has 0 radical (unpaired) electrons. The van der Waals surface area contributed by atoms with Gasteiger partial charge in [0.15, 0.2) is 0 Å². The number of allylic oxidation sites excluding steroid dienone is 8. The number of ether oxygens (including phenoxy) is 3. The average Bonchev–Trinajstić information content (AvgIpc) is 2.90. The lowest BCUT2D eigenvalue weighted by molar-refractivity contribution is -0.137. The van der Waals surface area contributed by atoms with E-state index in [1.807, 2.05) is 19.1 Å². The van der Waals surface area contributed by atoms with E-state index in [2.05, 4.69) is 39.5 Å². The minimum absolute atomic E-state index is 0.143. The van der Waals surface area contributed by atoms with Gasteiger partial charge in [-0.05, 0) is 52.5 Å². The van der Waals surface area contributed by atoms with E-state index < -0.39 is 17.9 Å². The van der Waals surface area contributed by atoms with Gasteiger partial charge < -0.3 is 14.2 Å². The molecule has 0 heterocycles. The highest BCUT2D eigenvalue weighted by atomic mass is 16.5. The molecule has 0 bridgehead atoms. The van der Waals surface area contributed by atoms with Gasteiger partial charge in [-0.1, -0.05) is 83.2 Å². The third kappa shape index (κ3) is 12.3. The highest BCUT2D eigenvalue weighted by Crippen LogP contribution is 2.23. The molecule has 0 aliphatic carbocycles. The van der Waals surface area contributed by atoms with E-state index in [1.54, 1.807) is 24.3 Å². The van der Waals surface area contributed by atoms with Crippen molar-refractivity contribution < 1.29 is 28.6 Å². The van der Waals surface area contributed by atoms with Crippen LogP contribution in [0, 0.1) is 0 Å². The Morgan fingerprint density at radius 1 is 0.789 bits per heavy atom. The average molecular weight is 515 g/mol. The maximum Gasteiger partial charge on any atom is 0.336 e. The molecule has 0 saturated heterocycles. The molecule has 6 heteroatoms. The first-order valence-corrected chi connectivity index (χ1v) is 11.9. The van der Waals surface area contributed by atoms with Gasteiger partial charge in [0, 0.05) is 24.6 Å². The summed E-state index contributed by atoms with van der Waals surface area (Å²) < 4.78 is 15.4. The molecule has 0 N–H and O–H groups in total. The quantitative estimate of drug-likeness (QED) is 0.0835. The molecule has 38 heavy (non-hydrogen) atoms.